The second kappa shape index (κ2) is 9.25. The topological polar surface area (TPSA) is 90.8 Å². The Morgan fingerprint density at radius 1 is 1.25 bits per heavy atom. The van der Waals surface area contributed by atoms with Gasteiger partial charge < -0.3 is 25.0 Å². The second-order valence-corrected chi connectivity index (χ2v) is 10.5. The molecular weight excluding hydrogens is 426 g/mol. The van der Waals surface area contributed by atoms with Gasteiger partial charge in [-0.2, -0.15) is 0 Å². The minimum Gasteiger partial charge on any atom is -0.389 e. The molecule has 0 unspecified atom stereocenters. The Kier molecular flexibility index (Phi) is 6.60. The van der Waals surface area contributed by atoms with Gasteiger partial charge in [-0.3, -0.25) is 0 Å². The van der Waals surface area contributed by atoms with Gasteiger partial charge in [-0.05, 0) is 56.8 Å². The summed E-state index contributed by atoms with van der Waals surface area (Å²) in [5, 5.41) is 12.2. The molecular formula is C23H32N5O3S+. The molecule has 2 N–H and O–H groups in total. The van der Waals surface area contributed by atoms with Crippen molar-refractivity contribution in [3.05, 3.63) is 36.0 Å². The Hall–Kier alpha value is -2.36. The third kappa shape index (κ3) is 4.84. The lowest BCUT2D eigenvalue weighted by Gasteiger charge is -2.35. The maximum absolute atomic E-state index is 12.2. The maximum Gasteiger partial charge on any atom is 0.322 e. The molecule has 1 aromatic carbocycles. The Morgan fingerprint density at radius 3 is 2.59 bits per heavy atom. The van der Waals surface area contributed by atoms with Gasteiger partial charge in [0.15, 0.2) is 10.6 Å². The third-order valence-corrected chi connectivity index (χ3v) is 7.45. The van der Waals surface area contributed by atoms with Crippen molar-refractivity contribution in [1.82, 2.24) is 14.9 Å². The van der Waals surface area contributed by atoms with Crippen LogP contribution < -0.4 is 10.2 Å². The number of carbonyl (C=O) groups excluding carboxylic acids is 1. The number of amides is 2. The van der Waals surface area contributed by atoms with Crippen LogP contribution >= 0.6 is 0 Å². The van der Waals surface area contributed by atoms with Crippen LogP contribution in [0.5, 0.6) is 0 Å². The number of nitrogens with one attached hydrogen (secondary N) is 1. The summed E-state index contributed by atoms with van der Waals surface area (Å²) in [7, 11) is 0. The number of aliphatic hydroxyl groups is 1. The summed E-state index contributed by atoms with van der Waals surface area (Å²) in [5.74, 6) is 1.60. The van der Waals surface area contributed by atoms with E-state index in [2.05, 4.69) is 43.3 Å². The largest absolute Gasteiger partial charge is 0.389 e. The van der Waals surface area contributed by atoms with Gasteiger partial charge in [-0.15, -0.1) is 0 Å². The molecule has 1 aromatic heterocycles. The highest BCUT2D eigenvalue weighted by Gasteiger charge is 2.31. The molecule has 0 bridgehead atoms. The number of nitrogens with zero attached hydrogens (tertiary/aromatic N) is 4. The van der Waals surface area contributed by atoms with E-state index in [0.29, 0.717) is 37.8 Å². The van der Waals surface area contributed by atoms with Crippen LogP contribution in [0.2, 0.25) is 0 Å². The molecule has 8 nitrogen and oxygen atoms in total. The van der Waals surface area contributed by atoms with Gasteiger partial charge in [-0.1, -0.05) is 0 Å². The summed E-state index contributed by atoms with van der Waals surface area (Å²) in [4.78, 5) is 25.9. The number of morpholine rings is 1. The smallest absolute Gasteiger partial charge is 0.322 e. The highest BCUT2D eigenvalue weighted by atomic mass is 32.2. The number of β-amino-alcohol motifs (C(OH)–C–C–N with tert-alkyl or cyclic N) is 1. The molecule has 9 heteroatoms. The van der Waals surface area contributed by atoms with Crippen molar-refractivity contribution in [3.63, 3.8) is 0 Å². The monoisotopic (exact) mass is 458 g/mol. The van der Waals surface area contributed by atoms with E-state index in [-0.39, 0.29) is 16.8 Å². The fraction of sp³-hybridized carbons (Fsp3) is 0.522. The summed E-state index contributed by atoms with van der Waals surface area (Å²) in [5.41, 5.74) is 2.61. The number of rotatable bonds is 5. The van der Waals surface area contributed by atoms with Crippen molar-refractivity contribution in [3.8, 4) is 11.4 Å². The number of hydrogen-bond acceptors (Lipinski definition) is 6. The molecule has 1 atom stereocenters. The van der Waals surface area contributed by atoms with Crippen molar-refractivity contribution in [2.75, 3.05) is 49.3 Å². The van der Waals surface area contributed by atoms with Gasteiger partial charge in [0.2, 0.25) is 0 Å². The Labute approximate surface area is 193 Å². The van der Waals surface area contributed by atoms with E-state index in [1.807, 2.05) is 24.3 Å². The van der Waals surface area contributed by atoms with E-state index < -0.39 is 6.10 Å². The molecule has 4 rings (SSSR count). The molecule has 2 fully saturated rings. The van der Waals surface area contributed by atoms with Crippen molar-refractivity contribution in [1.29, 1.82) is 0 Å². The Balaban J connectivity index is 1.60. The second-order valence-electron chi connectivity index (χ2n) is 8.90. The van der Waals surface area contributed by atoms with Crippen molar-refractivity contribution in [2.24, 2.45) is 0 Å². The van der Waals surface area contributed by atoms with Crippen molar-refractivity contribution >= 4 is 29.3 Å². The normalized spacial score (nSPS) is 19.6. The van der Waals surface area contributed by atoms with Gasteiger partial charge in [0.25, 0.3) is 0 Å². The predicted octanol–water partition coefficient (Wildman–Crippen LogP) is 2.26. The molecule has 2 aromatic rings. The van der Waals surface area contributed by atoms with E-state index in [4.69, 9.17) is 14.7 Å². The molecule has 32 heavy (non-hydrogen) atoms. The average Bonchev–Trinajstić information content (AvgIpc) is 2.77. The number of aliphatic hydroxyl groups excluding tert-OH is 1. The van der Waals surface area contributed by atoms with Crippen molar-refractivity contribution < 1.29 is 14.6 Å². The molecule has 3 heterocycles. The first-order valence-electron chi connectivity index (χ1n) is 11.0. The third-order valence-electron chi connectivity index (χ3n) is 6.10. The summed E-state index contributed by atoms with van der Waals surface area (Å²) in [6.45, 7) is 9.47. The van der Waals surface area contributed by atoms with Crippen LogP contribution in [0.25, 0.3) is 11.4 Å². The van der Waals surface area contributed by atoms with Gasteiger partial charge in [0.05, 0.1) is 44.7 Å². The maximum atomic E-state index is 12.2. The van der Waals surface area contributed by atoms with Gasteiger partial charge in [0, 0.05) is 23.9 Å². The quantitative estimate of drug-likeness (QED) is 0.528. The van der Waals surface area contributed by atoms with Crippen LogP contribution in [-0.4, -0.2) is 77.3 Å². The highest BCUT2D eigenvalue weighted by molar-refractivity contribution is 7.78. The van der Waals surface area contributed by atoms with Crippen LogP contribution in [0, 0.1) is 0 Å². The fourth-order valence-corrected chi connectivity index (χ4v) is 4.08. The first-order chi connectivity index (χ1) is 15.3. The Morgan fingerprint density at radius 2 is 1.97 bits per heavy atom. The van der Waals surface area contributed by atoms with Gasteiger partial charge in [0.1, 0.15) is 11.5 Å². The molecule has 0 aliphatic carbocycles. The number of aromatic nitrogens is 2. The average molecular weight is 459 g/mol. The zero-order valence-electron chi connectivity index (χ0n) is 19.1. The molecule has 172 valence electrons. The molecule has 2 saturated heterocycles. The lowest BCUT2D eigenvalue weighted by atomic mass is 10.1. The van der Waals surface area contributed by atoms with Crippen LogP contribution in [0.1, 0.15) is 26.5 Å². The molecule has 0 radical (unpaired) electrons. The van der Waals surface area contributed by atoms with Crippen LogP contribution in [0.3, 0.4) is 0 Å². The lowest BCUT2D eigenvalue weighted by Crippen LogP contribution is -2.54. The summed E-state index contributed by atoms with van der Waals surface area (Å²) in [6, 6.07) is 9.75. The number of thiol groups is 1. The number of anilines is 2. The van der Waals surface area contributed by atoms with E-state index in [0.717, 1.165) is 23.6 Å². The summed E-state index contributed by atoms with van der Waals surface area (Å²) < 4.78 is 5.51. The van der Waals surface area contributed by atoms with E-state index in [1.165, 1.54) is 11.8 Å². The molecule has 2 aliphatic rings. The molecule has 0 saturated carbocycles. The highest BCUT2D eigenvalue weighted by Crippen LogP contribution is 2.30. The minimum absolute atomic E-state index is 0.0995. The summed E-state index contributed by atoms with van der Waals surface area (Å²) >= 11 is 1.23. The van der Waals surface area contributed by atoms with E-state index in [1.54, 1.807) is 4.90 Å². The van der Waals surface area contributed by atoms with E-state index >= 15 is 0 Å². The van der Waals surface area contributed by atoms with Crippen LogP contribution in [-0.2, 0) is 21.2 Å². The molecule has 2 aliphatic heterocycles. The van der Waals surface area contributed by atoms with Gasteiger partial charge >= 0.3 is 6.03 Å². The van der Waals surface area contributed by atoms with Crippen LogP contribution in [0.4, 0.5) is 16.3 Å². The first-order valence-corrected chi connectivity index (χ1v) is 12.3. The number of hydrogen-bond donors (Lipinski definition) is 2. The SMILES string of the molecule is C[SH+]C(C)(C)c1cc(N2CCOC[C@@H]2C)nc(-c2ccc(NC(=O)N3CC(O)C3)cc2)n1. The Bertz CT molecular complexity index is 963. The number of likely N-dealkylation sites (tertiary alicyclic amines) is 1. The number of carbonyl (C=O) groups is 1. The minimum atomic E-state index is -0.414. The zero-order chi connectivity index (χ0) is 22.9. The zero-order valence-corrected chi connectivity index (χ0v) is 20.0. The number of ether oxygens (including phenoxy) is 1. The predicted molar refractivity (Wildman–Crippen MR) is 129 cm³/mol. The number of benzene rings is 1. The molecule has 0 spiro atoms. The lowest BCUT2D eigenvalue weighted by molar-refractivity contribution is 0.0309. The van der Waals surface area contributed by atoms with Crippen LogP contribution in [0.15, 0.2) is 30.3 Å². The number of urea groups is 1. The van der Waals surface area contributed by atoms with Gasteiger partial charge in [-0.25, -0.2) is 14.8 Å². The first kappa shape index (κ1) is 22.8. The molecule has 2 amide bonds. The van der Waals surface area contributed by atoms with Crippen molar-refractivity contribution in [2.45, 2.75) is 37.7 Å². The standard InChI is InChI=1S/C23H31N5O3S/c1-15-14-31-10-9-28(15)20-11-19(23(2,3)32-4)25-21(26-20)16-5-7-17(8-6-16)24-22(30)27-12-18(29)13-27/h5-8,11,15,18,29H,9-10,12-14H2,1-4H3,(H,24,30)/p+1/t15-/m0/s1. The summed E-state index contributed by atoms with van der Waals surface area (Å²) in [6.07, 6.45) is 1.73. The van der Waals surface area contributed by atoms with E-state index in [9.17, 15) is 9.90 Å². The fourth-order valence-electron chi connectivity index (χ4n) is 3.73.